The molecule has 0 aliphatic heterocycles. The Balaban J connectivity index is 1.20. The summed E-state index contributed by atoms with van der Waals surface area (Å²) < 4.78 is 6.22. The van der Waals surface area contributed by atoms with E-state index in [2.05, 4.69) is 31.2 Å². The molecule has 0 heterocycles. The van der Waals surface area contributed by atoms with Gasteiger partial charge in [-0.25, -0.2) is 4.79 Å². The summed E-state index contributed by atoms with van der Waals surface area (Å²) >= 11 is 0. The molecular weight excluding hydrogens is 344 g/mol. The smallest absolute Gasteiger partial charge is 0.338 e. The molecular formula is C26H26O2. The van der Waals surface area contributed by atoms with E-state index in [1.165, 1.54) is 12.8 Å². The van der Waals surface area contributed by atoms with E-state index in [1.54, 1.807) is 0 Å². The molecule has 0 spiro atoms. The van der Waals surface area contributed by atoms with E-state index in [4.69, 9.17) is 4.74 Å². The lowest BCUT2D eigenvalue weighted by atomic mass is 9.68. The molecule has 0 saturated heterocycles. The first-order valence-electron chi connectivity index (χ1n) is 10.7. The Kier molecular flexibility index (Phi) is 3.45. The lowest BCUT2D eigenvalue weighted by Crippen LogP contribution is -2.45. The molecule has 0 radical (unpaired) electrons. The molecule has 2 heteroatoms. The van der Waals surface area contributed by atoms with E-state index in [0.717, 1.165) is 47.1 Å². The molecule has 4 bridgehead atoms. The predicted molar refractivity (Wildman–Crippen MR) is 110 cm³/mol. The maximum Gasteiger partial charge on any atom is 0.338 e. The third-order valence-electron chi connectivity index (χ3n) is 8.15. The normalized spacial score (nSPS) is 39.3. The summed E-state index contributed by atoms with van der Waals surface area (Å²) in [6, 6.07) is 18.1. The van der Waals surface area contributed by atoms with Crippen LogP contribution < -0.4 is 0 Å². The maximum absolute atomic E-state index is 12.9. The number of benzene rings is 2. The zero-order chi connectivity index (χ0) is 18.9. The van der Waals surface area contributed by atoms with Crippen LogP contribution in [0.5, 0.6) is 0 Å². The molecule has 142 valence electrons. The van der Waals surface area contributed by atoms with Crippen LogP contribution in [-0.4, -0.2) is 11.6 Å². The Morgan fingerprint density at radius 3 is 2.32 bits per heavy atom. The monoisotopic (exact) mass is 370 g/mol. The summed E-state index contributed by atoms with van der Waals surface area (Å²) in [5.41, 5.74) is 2.66. The molecule has 2 aromatic carbocycles. The molecule has 0 aromatic heterocycles. The highest BCUT2D eigenvalue weighted by molar-refractivity contribution is 5.90. The summed E-state index contributed by atoms with van der Waals surface area (Å²) in [4.78, 5) is 12.9. The molecule has 3 fully saturated rings. The van der Waals surface area contributed by atoms with Crippen LogP contribution in [0.25, 0.3) is 11.1 Å². The molecule has 4 aliphatic rings. The molecule has 7 unspecified atom stereocenters. The first-order valence-corrected chi connectivity index (χ1v) is 10.7. The minimum Gasteiger partial charge on any atom is -0.455 e. The number of ether oxygens (including phenoxy) is 1. The second-order valence-electron chi connectivity index (χ2n) is 9.55. The van der Waals surface area contributed by atoms with Crippen molar-refractivity contribution in [3.8, 4) is 11.1 Å². The lowest BCUT2D eigenvalue weighted by Gasteiger charge is -2.42. The number of hydrogen-bond acceptors (Lipinski definition) is 2. The second-order valence-corrected chi connectivity index (χ2v) is 9.55. The summed E-state index contributed by atoms with van der Waals surface area (Å²) in [5, 5.41) is 0. The maximum atomic E-state index is 12.9. The van der Waals surface area contributed by atoms with Gasteiger partial charge in [0.2, 0.25) is 0 Å². The van der Waals surface area contributed by atoms with Gasteiger partial charge in [0, 0.05) is 5.92 Å². The molecule has 0 amide bonds. The number of allylic oxidation sites excluding steroid dienone is 2. The first-order chi connectivity index (χ1) is 13.6. The van der Waals surface area contributed by atoms with Crippen molar-refractivity contribution in [3.63, 3.8) is 0 Å². The van der Waals surface area contributed by atoms with E-state index < -0.39 is 0 Å². The average molecular weight is 370 g/mol. The summed E-state index contributed by atoms with van der Waals surface area (Å²) in [5.74, 6) is 4.25. The molecule has 6 rings (SSSR count). The van der Waals surface area contributed by atoms with Gasteiger partial charge in [0.15, 0.2) is 0 Å². The van der Waals surface area contributed by atoms with E-state index in [0.29, 0.717) is 11.5 Å². The third-order valence-corrected chi connectivity index (χ3v) is 8.15. The standard InChI is InChI=1S/C26H26O2/c1-26(15-21-14-22(26)24-20-12-11-19(13-20)23(21)24)28-25(27)18-9-7-17(8-10-18)16-5-3-2-4-6-16/h2-12,19-24H,13-15H2,1H3. The fourth-order valence-electron chi connectivity index (χ4n) is 7.13. The Morgan fingerprint density at radius 1 is 0.893 bits per heavy atom. The van der Waals surface area contributed by atoms with Crippen molar-refractivity contribution in [1.82, 2.24) is 0 Å². The number of carbonyl (C=O) groups is 1. The molecule has 0 N–H and O–H groups in total. The van der Waals surface area contributed by atoms with Gasteiger partial charge >= 0.3 is 5.97 Å². The molecule has 2 aromatic rings. The van der Waals surface area contributed by atoms with Crippen molar-refractivity contribution in [2.24, 2.45) is 35.5 Å². The zero-order valence-corrected chi connectivity index (χ0v) is 16.3. The minimum absolute atomic E-state index is 0.162. The number of fused-ring (bicyclic) bond motifs is 9. The molecule has 4 aliphatic carbocycles. The van der Waals surface area contributed by atoms with Crippen LogP contribution in [0.4, 0.5) is 0 Å². The molecule has 3 saturated carbocycles. The van der Waals surface area contributed by atoms with Crippen LogP contribution in [0.3, 0.4) is 0 Å². The number of hydrogen-bond donors (Lipinski definition) is 0. The van der Waals surface area contributed by atoms with Crippen LogP contribution in [-0.2, 0) is 4.74 Å². The van der Waals surface area contributed by atoms with Crippen LogP contribution in [0, 0.1) is 35.5 Å². The van der Waals surface area contributed by atoms with E-state index in [9.17, 15) is 4.79 Å². The summed E-state index contributed by atoms with van der Waals surface area (Å²) in [6.07, 6.45) is 8.54. The highest BCUT2D eigenvalue weighted by Crippen LogP contribution is 2.68. The topological polar surface area (TPSA) is 26.3 Å². The Hall–Kier alpha value is -2.35. The predicted octanol–water partition coefficient (Wildman–Crippen LogP) is 5.75. The SMILES string of the molecule is CC1(OC(=O)c2ccc(-c3ccccc3)cc2)CC2CC1C1C3C=CC(C3)C21. The fraction of sp³-hybridized carbons (Fsp3) is 0.423. The largest absolute Gasteiger partial charge is 0.455 e. The quantitative estimate of drug-likeness (QED) is 0.391. The zero-order valence-electron chi connectivity index (χ0n) is 16.3. The Bertz CT molecular complexity index is 944. The fourth-order valence-corrected chi connectivity index (χ4v) is 7.13. The van der Waals surface area contributed by atoms with E-state index >= 15 is 0 Å². The van der Waals surface area contributed by atoms with Crippen LogP contribution in [0.2, 0.25) is 0 Å². The van der Waals surface area contributed by atoms with Gasteiger partial charge in [-0.1, -0.05) is 54.6 Å². The van der Waals surface area contributed by atoms with Crippen molar-refractivity contribution < 1.29 is 9.53 Å². The van der Waals surface area contributed by atoms with Crippen molar-refractivity contribution in [1.29, 1.82) is 0 Å². The van der Waals surface area contributed by atoms with Crippen LogP contribution in [0.15, 0.2) is 66.7 Å². The number of rotatable bonds is 3. The van der Waals surface area contributed by atoms with Gasteiger partial charge in [0.1, 0.15) is 5.60 Å². The average Bonchev–Trinajstić information content (AvgIpc) is 3.47. The van der Waals surface area contributed by atoms with Gasteiger partial charge in [-0.3, -0.25) is 0 Å². The van der Waals surface area contributed by atoms with Gasteiger partial charge in [-0.2, -0.15) is 0 Å². The lowest BCUT2D eigenvalue weighted by molar-refractivity contribution is -0.0637. The third kappa shape index (κ3) is 2.30. The highest BCUT2D eigenvalue weighted by Gasteiger charge is 2.66. The Labute approximate surface area is 166 Å². The molecule has 2 nitrogen and oxygen atoms in total. The van der Waals surface area contributed by atoms with Gasteiger partial charge in [0.05, 0.1) is 5.56 Å². The second kappa shape index (κ2) is 5.83. The van der Waals surface area contributed by atoms with Crippen molar-refractivity contribution in [2.45, 2.75) is 31.8 Å². The minimum atomic E-state index is -0.292. The van der Waals surface area contributed by atoms with Crippen LogP contribution in [0.1, 0.15) is 36.5 Å². The van der Waals surface area contributed by atoms with Crippen molar-refractivity contribution in [3.05, 3.63) is 72.3 Å². The number of esters is 1. The van der Waals surface area contributed by atoms with E-state index in [1.807, 2.05) is 42.5 Å². The highest BCUT2D eigenvalue weighted by atomic mass is 16.6. The summed E-state index contributed by atoms with van der Waals surface area (Å²) in [6.45, 7) is 2.19. The molecule has 28 heavy (non-hydrogen) atoms. The van der Waals surface area contributed by atoms with E-state index in [-0.39, 0.29) is 11.6 Å². The van der Waals surface area contributed by atoms with Gasteiger partial charge < -0.3 is 4.74 Å². The van der Waals surface area contributed by atoms with Gasteiger partial charge in [-0.15, -0.1) is 0 Å². The Morgan fingerprint density at radius 2 is 1.57 bits per heavy atom. The van der Waals surface area contributed by atoms with Crippen molar-refractivity contribution >= 4 is 5.97 Å². The van der Waals surface area contributed by atoms with Crippen molar-refractivity contribution in [2.75, 3.05) is 0 Å². The molecule has 7 atom stereocenters. The summed E-state index contributed by atoms with van der Waals surface area (Å²) in [7, 11) is 0. The van der Waals surface area contributed by atoms with Gasteiger partial charge in [0.25, 0.3) is 0 Å². The first kappa shape index (κ1) is 16.6. The number of carbonyl (C=O) groups excluding carboxylic acids is 1. The van der Waals surface area contributed by atoms with Gasteiger partial charge in [-0.05, 0) is 79.0 Å². The van der Waals surface area contributed by atoms with Crippen LogP contribution >= 0.6 is 0 Å².